The zero-order chi connectivity index (χ0) is 18.6. The normalized spacial score (nSPS) is 6.72. The second kappa shape index (κ2) is 38.1. The van der Waals surface area contributed by atoms with E-state index in [1.807, 2.05) is 0 Å². The molecule has 0 aliphatic rings. The van der Waals surface area contributed by atoms with E-state index in [-0.39, 0.29) is 31.5 Å². The molecule has 25 heavy (non-hydrogen) atoms. The van der Waals surface area contributed by atoms with Crippen molar-refractivity contribution in [2.24, 2.45) is 0 Å². The molecule has 0 aromatic heterocycles. The van der Waals surface area contributed by atoms with Gasteiger partial charge in [-0.1, -0.05) is 68.5 Å². The molecule has 156 valence electrons. The third-order valence-electron chi connectivity index (χ3n) is 1.25. The van der Waals surface area contributed by atoms with Crippen LogP contribution in [0.3, 0.4) is 0 Å². The first kappa shape index (κ1) is 43.6. The van der Waals surface area contributed by atoms with Crippen molar-refractivity contribution in [2.45, 2.75) is 83.1 Å². The Kier molecular flexibility index (Phi) is 66.5. The average Bonchev–Trinajstić information content (AvgIpc) is 2.41. The molecule has 0 radical (unpaired) electrons. The summed E-state index contributed by atoms with van der Waals surface area (Å²) in [5.74, 6) is -0.625. The molecular weight excluding hydrogens is 323 g/mol. The van der Waals surface area contributed by atoms with E-state index in [1.165, 1.54) is 12.8 Å². The quantitative estimate of drug-likeness (QED) is 0.419. The van der Waals surface area contributed by atoms with Gasteiger partial charge in [-0.25, -0.2) is 9.59 Å². The summed E-state index contributed by atoms with van der Waals surface area (Å²) >= 11 is 0. The van der Waals surface area contributed by atoms with Gasteiger partial charge >= 0.3 is 11.9 Å². The molecule has 0 fully saturated rings. The van der Waals surface area contributed by atoms with Crippen LogP contribution in [0.5, 0.6) is 0 Å². The summed E-state index contributed by atoms with van der Waals surface area (Å²) in [6.07, 6.45) is 2.50. The Labute approximate surface area is 157 Å². The predicted molar refractivity (Wildman–Crippen MR) is 111 cm³/mol. The number of halogens is 1. The van der Waals surface area contributed by atoms with Gasteiger partial charge in [-0.15, -0.1) is 0 Å². The van der Waals surface area contributed by atoms with E-state index in [9.17, 15) is 9.59 Å². The number of hydrogen-bond donors (Lipinski definition) is 0. The second-order valence-corrected chi connectivity index (χ2v) is 4.42. The molecule has 0 saturated carbocycles. The Hall–Kier alpha value is -1.65. The van der Waals surface area contributed by atoms with E-state index in [4.69, 9.17) is 0 Å². The lowest BCUT2D eigenvalue weighted by Gasteiger charge is -1.96. The van der Waals surface area contributed by atoms with E-state index in [0.717, 1.165) is 0 Å². The maximum atomic E-state index is 10.4. The van der Waals surface area contributed by atoms with E-state index < -0.39 is 0 Å². The number of carbonyl (C=O) groups excluding carboxylic acids is 2. The van der Waals surface area contributed by atoms with Crippen LogP contribution in [0.1, 0.15) is 83.1 Å². The minimum atomic E-state index is -0.312. The molecule has 0 N–H and O–H groups in total. The van der Waals surface area contributed by atoms with Crippen LogP contribution in [0.15, 0.2) is 24.3 Å². The SMILES string of the molecule is C.C.C=C(C)C(=O)OCC.C=C(C)C(=O)OCC.CCC.CCC.F. The highest BCUT2D eigenvalue weighted by molar-refractivity contribution is 5.87. The summed E-state index contributed by atoms with van der Waals surface area (Å²) in [6.45, 7) is 22.9. The summed E-state index contributed by atoms with van der Waals surface area (Å²) in [5.41, 5.74) is 0.902. The molecule has 0 heterocycles. The first-order valence-electron chi connectivity index (χ1n) is 7.84. The highest BCUT2D eigenvalue weighted by Crippen LogP contribution is 1.90. The van der Waals surface area contributed by atoms with Crippen LogP contribution >= 0.6 is 0 Å². The first-order chi connectivity index (χ1) is 10.2. The van der Waals surface area contributed by atoms with E-state index in [1.54, 1.807) is 27.7 Å². The Bertz CT molecular complexity index is 270. The van der Waals surface area contributed by atoms with Crippen molar-refractivity contribution in [2.75, 3.05) is 13.2 Å². The molecule has 5 heteroatoms. The second-order valence-electron chi connectivity index (χ2n) is 4.42. The first-order valence-corrected chi connectivity index (χ1v) is 7.84. The third kappa shape index (κ3) is 60.7. The molecule has 0 aliphatic heterocycles. The molecule has 0 aliphatic carbocycles. The topological polar surface area (TPSA) is 52.6 Å². The molecule has 0 rings (SSSR count). The fourth-order valence-corrected chi connectivity index (χ4v) is 0.509. The smallest absolute Gasteiger partial charge is 0.333 e. The van der Waals surface area contributed by atoms with Crippen molar-refractivity contribution in [3.8, 4) is 0 Å². The van der Waals surface area contributed by atoms with Crippen molar-refractivity contribution in [3.05, 3.63) is 24.3 Å². The molecule has 0 spiro atoms. The number of esters is 2. The van der Waals surface area contributed by atoms with Crippen molar-refractivity contribution >= 4 is 11.9 Å². The van der Waals surface area contributed by atoms with Crippen LogP contribution in [0.25, 0.3) is 0 Å². The molecule has 4 nitrogen and oxygen atoms in total. The maximum Gasteiger partial charge on any atom is 0.333 e. The van der Waals surface area contributed by atoms with Crippen LogP contribution in [0.4, 0.5) is 4.70 Å². The van der Waals surface area contributed by atoms with Gasteiger partial charge in [0.2, 0.25) is 0 Å². The summed E-state index contributed by atoms with van der Waals surface area (Å²) < 4.78 is 9.13. The molecule has 0 saturated heterocycles. The maximum absolute atomic E-state index is 10.4. The summed E-state index contributed by atoms with van der Waals surface area (Å²) in [6, 6.07) is 0. The van der Waals surface area contributed by atoms with Gasteiger partial charge in [0.25, 0.3) is 0 Å². The summed E-state index contributed by atoms with van der Waals surface area (Å²) in [7, 11) is 0. The molecule has 0 aromatic carbocycles. The van der Waals surface area contributed by atoms with E-state index in [0.29, 0.717) is 24.4 Å². The van der Waals surface area contributed by atoms with Gasteiger partial charge in [-0.3, -0.25) is 4.70 Å². The zero-order valence-corrected chi connectivity index (χ0v) is 16.3. The Balaban J connectivity index is -0.0000000362. The minimum absolute atomic E-state index is 0. The molecule has 0 atom stereocenters. The minimum Gasteiger partial charge on any atom is -0.463 e. The highest BCUT2D eigenvalue weighted by atomic mass is 19.0. The van der Waals surface area contributed by atoms with E-state index in [2.05, 4.69) is 50.3 Å². The monoisotopic (exact) mass is 368 g/mol. The van der Waals surface area contributed by atoms with Crippen molar-refractivity contribution in [1.82, 2.24) is 0 Å². The highest BCUT2D eigenvalue weighted by Gasteiger charge is 1.98. The lowest BCUT2D eigenvalue weighted by atomic mass is 10.4. The molecule has 0 aromatic rings. The fraction of sp³-hybridized carbons (Fsp3) is 0.700. The lowest BCUT2D eigenvalue weighted by Crippen LogP contribution is -2.03. The van der Waals surface area contributed by atoms with E-state index >= 15 is 0 Å². The van der Waals surface area contributed by atoms with Crippen LogP contribution < -0.4 is 0 Å². The molecule has 0 bridgehead atoms. The Morgan fingerprint density at radius 1 is 0.680 bits per heavy atom. The van der Waals surface area contributed by atoms with Crippen LogP contribution in [-0.2, 0) is 19.1 Å². The number of ether oxygens (including phenoxy) is 2. The number of rotatable bonds is 4. The standard InChI is InChI=1S/2C6H10O2.2C3H8.2CH4.FH/c2*1-4-8-6(7)5(2)3;2*1-3-2;;;/h2*2,4H2,1,3H3;2*3H2,1-2H3;2*1H4;1H. The molecule has 0 unspecified atom stereocenters. The van der Waals surface area contributed by atoms with Gasteiger partial charge in [-0.2, -0.15) is 0 Å². The van der Waals surface area contributed by atoms with Gasteiger partial charge in [0.1, 0.15) is 0 Å². The third-order valence-corrected chi connectivity index (χ3v) is 1.25. The van der Waals surface area contributed by atoms with Crippen LogP contribution in [-0.4, -0.2) is 25.2 Å². The molecular formula is C20H45FO4. The van der Waals surface area contributed by atoms with Crippen molar-refractivity contribution in [3.63, 3.8) is 0 Å². The average molecular weight is 369 g/mol. The van der Waals surface area contributed by atoms with Gasteiger partial charge in [-0.05, 0) is 27.7 Å². The van der Waals surface area contributed by atoms with Gasteiger partial charge in [0.15, 0.2) is 0 Å². The van der Waals surface area contributed by atoms with Gasteiger partial charge in [0.05, 0.1) is 13.2 Å². The summed E-state index contributed by atoms with van der Waals surface area (Å²) in [4.78, 5) is 20.8. The van der Waals surface area contributed by atoms with Crippen LogP contribution in [0.2, 0.25) is 0 Å². The lowest BCUT2D eigenvalue weighted by molar-refractivity contribution is -0.139. The Morgan fingerprint density at radius 2 is 0.840 bits per heavy atom. The Morgan fingerprint density at radius 3 is 0.880 bits per heavy atom. The number of hydrogen-bond acceptors (Lipinski definition) is 4. The van der Waals surface area contributed by atoms with Crippen LogP contribution in [0, 0.1) is 0 Å². The largest absolute Gasteiger partial charge is 0.463 e. The predicted octanol–water partition coefficient (Wildman–Crippen LogP) is 6.51. The van der Waals surface area contributed by atoms with Gasteiger partial charge in [0, 0.05) is 11.1 Å². The summed E-state index contributed by atoms with van der Waals surface area (Å²) in [5, 5.41) is 0. The van der Waals surface area contributed by atoms with Gasteiger partial charge < -0.3 is 9.47 Å². The number of carbonyl (C=O) groups is 2. The van der Waals surface area contributed by atoms with Crippen molar-refractivity contribution in [1.29, 1.82) is 0 Å². The molecule has 0 amide bonds. The fourth-order valence-electron chi connectivity index (χ4n) is 0.509. The van der Waals surface area contributed by atoms with Crippen molar-refractivity contribution < 1.29 is 23.8 Å². The zero-order valence-electron chi connectivity index (χ0n) is 16.3.